The number of aliphatic carboxylic acids is 1. The molecule has 1 aromatic rings. The highest BCUT2D eigenvalue weighted by Gasteiger charge is 2.25. The molecule has 2 rings (SSSR count). The predicted octanol–water partition coefficient (Wildman–Crippen LogP) is 1.68. The summed E-state index contributed by atoms with van der Waals surface area (Å²) in [5, 5.41) is 9.98. The van der Waals surface area contributed by atoms with Crippen LogP contribution in [0.25, 0.3) is 0 Å². The van der Waals surface area contributed by atoms with Gasteiger partial charge in [0.15, 0.2) is 6.04 Å². The van der Waals surface area contributed by atoms with Gasteiger partial charge in [0.25, 0.3) is 0 Å². The number of aliphatic imine (C=N–C) groups is 1. The van der Waals surface area contributed by atoms with Crippen LogP contribution < -0.4 is 0 Å². The molecule has 0 spiro atoms. The van der Waals surface area contributed by atoms with Crippen LogP contribution >= 0.6 is 23.4 Å². The Morgan fingerprint density at radius 2 is 2.40 bits per heavy atom. The Morgan fingerprint density at radius 1 is 1.60 bits per heavy atom. The first-order chi connectivity index (χ1) is 7.16. The molecule has 0 saturated carbocycles. The molecule has 1 aromatic heterocycles. The largest absolute Gasteiger partial charge is 0.480 e. The highest BCUT2D eigenvalue weighted by atomic mass is 35.5. The van der Waals surface area contributed by atoms with Crippen molar-refractivity contribution in [2.45, 2.75) is 6.04 Å². The summed E-state index contributed by atoms with van der Waals surface area (Å²) in [6.07, 6.45) is 1.52. The number of halogens is 1. The van der Waals surface area contributed by atoms with Crippen molar-refractivity contribution in [3.05, 3.63) is 29.0 Å². The van der Waals surface area contributed by atoms with E-state index >= 15 is 0 Å². The van der Waals surface area contributed by atoms with Crippen LogP contribution in [0.15, 0.2) is 23.3 Å². The molecule has 0 amide bonds. The van der Waals surface area contributed by atoms with Crippen molar-refractivity contribution in [3.8, 4) is 0 Å². The van der Waals surface area contributed by atoms with E-state index in [1.807, 2.05) is 0 Å². The van der Waals surface area contributed by atoms with E-state index in [2.05, 4.69) is 9.98 Å². The Bertz CT molecular complexity index is 419. The molecule has 1 aliphatic rings. The van der Waals surface area contributed by atoms with Crippen LogP contribution in [0.4, 0.5) is 0 Å². The van der Waals surface area contributed by atoms with E-state index in [4.69, 9.17) is 16.7 Å². The maximum absolute atomic E-state index is 10.7. The molecule has 0 saturated heterocycles. The molecular formula is C9H7ClN2O2S. The van der Waals surface area contributed by atoms with Crippen molar-refractivity contribution >= 4 is 34.4 Å². The molecule has 0 aromatic carbocycles. The molecule has 2 heterocycles. The van der Waals surface area contributed by atoms with Crippen LogP contribution in [-0.4, -0.2) is 32.9 Å². The van der Waals surface area contributed by atoms with Crippen LogP contribution in [0.3, 0.4) is 0 Å². The summed E-state index contributed by atoms with van der Waals surface area (Å²) in [5.74, 6) is -0.430. The third-order valence-corrected chi connectivity index (χ3v) is 3.18. The zero-order chi connectivity index (χ0) is 10.8. The van der Waals surface area contributed by atoms with Crippen molar-refractivity contribution in [2.24, 2.45) is 4.99 Å². The van der Waals surface area contributed by atoms with Gasteiger partial charge in [-0.2, -0.15) is 0 Å². The fourth-order valence-corrected chi connectivity index (χ4v) is 2.26. The van der Waals surface area contributed by atoms with Crippen LogP contribution in [0.5, 0.6) is 0 Å². The predicted molar refractivity (Wildman–Crippen MR) is 59.7 cm³/mol. The van der Waals surface area contributed by atoms with Gasteiger partial charge < -0.3 is 5.11 Å². The minimum atomic E-state index is -0.897. The van der Waals surface area contributed by atoms with E-state index in [0.29, 0.717) is 21.5 Å². The van der Waals surface area contributed by atoms with Gasteiger partial charge in [-0.25, -0.2) is 4.79 Å². The maximum atomic E-state index is 10.7. The fraction of sp³-hybridized carbons (Fsp3) is 0.222. The summed E-state index contributed by atoms with van der Waals surface area (Å²) >= 11 is 7.10. The second-order valence-electron chi connectivity index (χ2n) is 2.96. The number of nitrogens with zero attached hydrogens (tertiary/aromatic N) is 2. The summed E-state index contributed by atoms with van der Waals surface area (Å²) in [4.78, 5) is 18.8. The lowest BCUT2D eigenvalue weighted by Gasteiger charge is -1.97. The highest BCUT2D eigenvalue weighted by molar-refractivity contribution is 8.14. The lowest BCUT2D eigenvalue weighted by atomic mass is 10.3. The monoisotopic (exact) mass is 242 g/mol. The van der Waals surface area contributed by atoms with Gasteiger partial charge in [0.1, 0.15) is 5.04 Å². The number of pyridine rings is 1. The summed E-state index contributed by atoms with van der Waals surface area (Å²) in [5.41, 5.74) is 0.674. The molecule has 0 bridgehead atoms. The number of carboxylic acids is 1. The number of hydrogen-bond donors (Lipinski definition) is 1. The van der Waals surface area contributed by atoms with E-state index in [9.17, 15) is 4.79 Å². The van der Waals surface area contributed by atoms with Crippen LogP contribution in [0, 0.1) is 0 Å². The Kier molecular flexibility index (Phi) is 2.93. The number of thioether (sulfide) groups is 1. The Balaban J connectivity index is 2.22. The number of carbonyl (C=O) groups is 1. The average molecular weight is 243 g/mol. The first kappa shape index (κ1) is 10.4. The van der Waals surface area contributed by atoms with Crippen molar-refractivity contribution < 1.29 is 9.90 Å². The van der Waals surface area contributed by atoms with Gasteiger partial charge in [0, 0.05) is 11.9 Å². The average Bonchev–Trinajstić information content (AvgIpc) is 2.68. The van der Waals surface area contributed by atoms with E-state index < -0.39 is 12.0 Å². The van der Waals surface area contributed by atoms with Gasteiger partial charge in [-0.05, 0) is 12.1 Å². The second-order valence-corrected chi connectivity index (χ2v) is 4.41. The zero-order valence-electron chi connectivity index (χ0n) is 7.55. The number of rotatable bonds is 2. The van der Waals surface area contributed by atoms with Crippen molar-refractivity contribution in [3.63, 3.8) is 0 Å². The quantitative estimate of drug-likeness (QED) is 0.857. The van der Waals surface area contributed by atoms with Crippen molar-refractivity contribution in [1.82, 2.24) is 4.98 Å². The summed E-state index contributed by atoms with van der Waals surface area (Å²) < 4.78 is 0. The molecule has 0 aliphatic carbocycles. The molecule has 1 atom stereocenters. The van der Waals surface area contributed by atoms with E-state index in [1.165, 1.54) is 18.0 Å². The molecule has 6 heteroatoms. The summed E-state index contributed by atoms with van der Waals surface area (Å²) in [7, 11) is 0. The zero-order valence-corrected chi connectivity index (χ0v) is 9.13. The van der Waals surface area contributed by atoms with Gasteiger partial charge >= 0.3 is 5.97 Å². The van der Waals surface area contributed by atoms with Gasteiger partial charge in [0.2, 0.25) is 0 Å². The first-order valence-corrected chi connectivity index (χ1v) is 5.58. The van der Waals surface area contributed by atoms with Gasteiger partial charge in [0.05, 0.1) is 10.7 Å². The van der Waals surface area contributed by atoms with Crippen molar-refractivity contribution in [2.75, 3.05) is 5.75 Å². The van der Waals surface area contributed by atoms with Crippen molar-refractivity contribution in [1.29, 1.82) is 0 Å². The summed E-state index contributed by atoms with van der Waals surface area (Å²) in [6, 6.07) is 2.79. The van der Waals surface area contributed by atoms with E-state index in [0.717, 1.165) is 0 Å². The SMILES string of the molecule is O=C(O)C1CSC(c2ccc(Cl)cn2)=N1. The van der Waals surface area contributed by atoms with Crippen LogP contribution in [-0.2, 0) is 4.79 Å². The molecule has 1 N–H and O–H groups in total. The highest BCUT2D eigenvalue weighted by Crippen LogP contribution is 2.22. The molecule has 1 unspecified atom stereocenters. The first-order valence-electron chi connectivity index (χ1n) is 4.22. The van der Waals surface area contributed by atoms with E-state index in [-0.39, 0.29) is 0 Å². The topological polar surface area (TPSA) is 62.5 Å². The fourth-order valence-electron chi connectivity index (χ4n) is 1.14. The Hall–Kier alpha value is -1.07. The lowest BCUT2D eigenvalue weighted by molar-refractivity contribution is -0.137. The molecular weight excluding hydrogens is 236 g/mol. The second kappa shape index (κ2) is 4.20. The Morgan fingerprint density at radius 3 is 2.93 bits per heavy atom. The minimum absolute atomic E-state index is 0.467. The van der Waals surface area contributed by atoms with Crippen LogP contribution in [0.2, 0.25) is 5.02 Å². The number of hydrogen-bond acceptors (Lipinski definition) is 4. The third-order valence-electron chi connectivity index (χ3n) is 1.88. The molecule has 78 valence electrons. The molecule has 4 nitrogen and oxygen atoms in total. The number of aromatic nitrogens is 1. The molecule has 0 radical (unpaired) electrons. The molecule has 15 heavy (non-hydrogen) atoms. The summed E-state index contributed by atoms with van der Waals surface area (Å²) in [6.45, 7) is 0. The Labute approximate surface area is 95.4 Å². The smallest absolute Gasteiger partial charge is 0.329 e. The van der Waals surface area contributed by atoms with Gasteiger partial charge in [-0.1, -0.05) is 11.6 Å². The normalized spacial score (nSPS) is 20.1. The third kappa shape index (κ3) is 2.30. The van der Waals surface area contributed by atoms with E-state index in [1.54, 1.807) is 12.1 Å². The standard InChI is InChI=1S/C9H7ClN2O2S/c10-5-1-2-6(11-3-5)8-12-7(4-15-8)9(13)14/h1-3,7H,4H2,(H,13,14). The number of carboxylic acid groups (broad SMARTS) is 1. The lowest BCUT2D eigenvalue weighted by Crippen LogP contribution is -2.17. The van der Waals surface area contributed by atoms with Gasteiger partial charge in [-0.3, -0.25) is 9.98 Å². The maximum Gasteiger partial charge on any atom is 0.329 e. The molecule has 0 fully saturated rings. The van der Waals surface area contributed by atoms with Crippen LogP contribution in [0.1, 0.15) is 5.69 Å². The minimum Gasteiger partial charge on any atom is -0.480 e. The van der Waals surface area contributed by atoms with Gasteiger partial charge in [-0.15, -0.1) is 11.8 Å². The molecule has 1 aliphatic heterocycles.